The van der Waals surface area contributed by atoms with Gasteiger partial charge in [0.2, 0.25) is 0 Å². The Balaban J connectivity index is 2.78. The lowest BCUT2D eigenvalue weighted by molar-refractivity contribution is -0.119. The minimum Gasteiger partial charge on any atom is -0.483 e. The Morgan fingerprint density at radius 2 is 1.87 bits per heavy atom. The van der Waals surface area contributed by atoms with Crippen molar-refractivity contribution in [2.75, 3.05) is 12.3 Å². The van der Waals surface area contributed by atoms with Crippen LogP contribution in [0.25, 0.3) is 11.1 Å². The first kappa shape index (κ1) is 15.6. The molecule has 0 radical (unpaired) electrons. The predicted molar refractivity (Wildman–Crippen MR) is 81.0 cm³/mol. The van der Waals surface area contributed by atoms with Gasteiger partial charge in [-0.2, -0.15) is 10.5 Å². The number of hydrogen-bond acceptors (Lipinski definition) is 6. The first-order valence-electron chi connectivity index (χ1n) is 6.36. The number of primary amides is 1. The molecule has 0 atom stereocenters. The molecule has 0 bridgehead atoms. The largest absolute Gasteiger partial charge is 0.483 e. The molecule has 0 saturated heterocycles. The summed E-state index contributed by atoms with van der Waals surface area (Å²) in [6, 6.07) is 9.96. The number of hydrogen-bond donors (Lipinski definition) is 3. The van der Waals surface area contributed by atoms with Crippen LogP contribution in [0.4, 0.5) is 5.82 Å². The normalized spacial score (nSPS) is 9.65. The summed E-state index contributed by atoms with van der Waals surface area (Å²) < 4.78 is 5.29. The van der Waals surface area contributed by atoms with Gasteiger partial charge in [0.15, 0.2) is 6.61 Å². The van der Waals surface area contributed by atoms with Gasteiger partial charge in [-0.15, -0.1) is 0 Å². The van der Waals surface area contributed by atoms with Crippen molar-refractivity contribution in [3.05, 3.63) is 45.7 Å². The molecule has 0 unspecified atom stereocenters. The fraction of sp³-hybridized carbons (Fsp3) is 0.0667. The molecule has 1 aromatic heterocycles. The van der Waals surface area contributed by atoms with Gasteiger partial charge in [0.05, 0.1) is 0 Å². The van der Waals surface area contributed by atoms with Crippen LogP contribution in [0, 0.1) is 22.7 Å². The highest BCUT2D eigenvalue weighted by Gasteiger charge is 2.20. The Morgan fingerprint density at radius 3 is 2.48 bits per heavy atom. The number of benzene rings is 1. The van der Waals surface area contributed by atoms with E-state index in [0.717, 1.165) is 0 Å². The average molecular weight is 309 g/mol. The van der Waals surface area contributed by atoms with E-state index in [1.165, 1.54) is 6.07 Å². The number of carbonyl (C=O) groups excluding carboxylic acids is 1. The van der Waals surface area contributed by atoms with Gasteiger partial charge in [-0.3, -0.25) is 9.59 Å². The molecule has 8 heteroatoms. The van der Waals surface area contributed by atoms with E-state index in [1.54, 1.807) is 24.3 Å². The second-order valence-corrected chi connectivity index (χ2v) is 4.47. The van der Waals surface area contributed by atoms with Gasteiger partial charge >= 0.3 is 0 Å². The van der Waals surface area contributed by atoms with E-state index in [-0.39, 0.29) is 34.9 Å². The molecule has 5 N–H and O–H groups in total. The summed E-state index contributed by atoms with van der Waals surface area (Å²) in [5.41, 5.74) is 10.0. The number of aromatic amines is 1. The molecule has 114 valence electrons. The number of ether oxygens (including phenoxy) is 1. The topological polar surface area (TPSA) is 159 Å². The molecule has 2 aromatic rings. The van der Waals surface area contributed by atoms with Crippen molar-refractivity contribution >= 4 is 11.7 Å². The summed E-state index contributed by atoms with van der Waals surface area (Å²) in [7, 11) is 0. The fourth-order valence-corrected chi connectivity index (χ4v) is 2.06. The van der Waals surface area contributed by atoms with E-state index in [0.29, 0.717) is 5.56 Å². The number of anilines is 1. The van der Waals surface area contributed by atoms with Crippen LogP contribution in [-0.2, 0) is 4.79 Å². The number of amides is 1. The maximum atomic E-state index is 11.9. The van der Waals surface area contributed by atoms with E-state index < -0.39 is 11.5 Å². The summed E-state index contributed by atoms with van der Waals surface area (Å²) in [6.07, 6.45) is 0. The predicted octanol–water partition coefficient (Wildman–Crippen LogP) is 0.232. The SMILES string of the molecule is N#Cc1c(N)[nH]c(=O)c(C#N)c1-c1ccccc1OCC(N)=O. The minimum atomic E-state index is -0.719. The molecule has 1 amide bonds. The molecule has 0 fully saturated rings. The molecule has 1 heterocycles. The van der Waals surface area contributed by atoms with Crippen LogP contribution in [0.5, 0.6) is 5.75 Å². The molecule has 0 aliphatic rings. The molecule has 0 aliphatic heterocycles. The van der Waals surface area contributed by atoms with Crippen molar-refractivity contribution in [2.24, 2.45) is 5.73 Å². The van der Waals surface area contributed by atoms with Crippen LogP contribution in [0.1, 0.15) is 11.1 Å². The van der Waals surface area contributed by atoms with E-state index in [9.17, 15) is 20.1 Å². The number of rotatable bonds is 4. The van der Waals surface area contributed by atoms with Crippen LogP contribution >= 0.6 is 0 Å². The lowest BCUT2D eigenvalue weighted by Gasteiger charge is -2.13. The van der Waals surface area contributed by atoms with Gasteiger partial charge in [-0.1, -0.05) is 18.2 Å². The molecule has 0 aliphatic carbocycles. The Labute approximate surface area is 130 Å². The monoisotopic (exact) mass is 309 g/mol. The van der Waals surface area contributed by atoms with Gasteiger partial charge in [-0.05, 0) is 6.07 Å². The van der Waals surface area contributed by atoms with Gasteiger partial charge in [0.25, 0.3) is 11.5 Å². The zero-order chi connectivity index (χ0) is 17.0. The lowest BCUT2D eigenvalue weighted by Crippen LogP contribution is -2.20. The van der Waals surface area contributed by atoms with Gasteiger partial charge in [0.1, 0.15) is 34.8 Å². The van der Waals surface area contributed by atoms with Gasteiger partial charge in [0, 0.05) is 11.1 Å². The second kappa shape index (κ2) is 6.33. The number of para-hydroxylation sites is 1. The third kappa shape index (κ3) is 2.96. The van der Waals surface area contributed by atoms with Crippen LogP contribution in [0.3, 0.4) is 0 Å². The summed E-state index contributed by atoms with van der Waals surface area (Å²) in [5.74, 6) is -0.647. The first-order valence-corrected chi connectivity index (χ1v) is 6.36. The fourth-order valence-electron chi connectivity index (χ4n) is 2.06. The molecule has 0 spiro atoms. The van der Waals surface area contributed by atoms with E-state index in [4.69, 9.17) is 16.2 Å². The highest BCUT2D eigenvalue weighted by atomic mass is 16.5. The third-order valence-corrected chi connectivity index (χ3v) is 2.99. The summed E-state index contributed by atoms with van der Waals surface area (Å²) in [4.78, 5) is 25.1. The molecular weight excluding hydrogens is 298 g/mol. The second-order valence-electron chi connectivity index (χ2n) is 4.47. The number of nitrogens with one attached hydrogen (secondary N) is 1. The zero-order valence-corrected chi connectivity index (χ0v) is 11.8. The number of pyridine rings is 1. The van der Waals surface area contributed by atoms with Crippen molar-refractivity contribution in [1.29, 1.82) is 10.5 Å². The molecule has 2 rings (SSSR count). The zero-order valence-electron chi connectivity index (χ0n) is 11.8. The highest BCUT2D eigenvalue weighted by Crippen LogP contribution is 2.34. The van der Waals surface area contributed by atoms with Gasteiger partial charge in [-0.25, -0.2) is 0 Å². The number of nitrogens with zero attached hydrogens (tertiary/aromatic N) is 2. The lowest BCUT2D eigenvalue weighted by atomic mass is 9.96. The summed E-state index contributed by atoms with van der Waals surface area (Å²) in [6.45, 7) is -0.389. The Bertz CT molecular complexity index is 918. The van der Waals surface area contributed by atoms with Crippen LogP contribution in [-0.4, -0.2) is 17.5 Å². The first-order chi connectivity index (χ1) is 11.0. The van der Waals surface area contributed by atoms with E-state index >= 15 is 0 Å². The van der Waals surface area contributed by atoms with Crippen molar-refractivity contribution in [1.82, 2.24) is 4.98 Å². The summed E-state index contributed by atoms with van der Waals surface area (Å²) >= 11 is 0. The highest BCUT2D eigenvalue weighted by molar-refractivity contribution is 5.84. The van der Waals surface area contributed by atoms with Crippen LogP contribution < -0.4 is 21.8 Å². The number of nitriles is 2. The van der Waals surface area contributed by atoms with Crippen LogP contribution in [0.15, 0.2) is 29.1 Å². The number of H-pyrrole nitrogens is 1. The van der Waals surface area contributed by atoms with Crippen molar-refractivity contribution in [2.45, 2.75) is 0 Å². The number of nitrogens with two attached hydrogens (primary N) is 2. The number of carbonyl (C=O) groups is 1. The Kier molecular flexibility index (Phi) is 4.29. The van der Waals surface area contributed by atoms with Gasteiger partial charge < -0.3 is 21.2 Å². The Morgan fingerprint density at radius 1 is 1.22 bits per heavy atom. The third-order valence-electron chi connectivity index (χ3n) is 2.99. The standard InChI is InChI=1S/C15H11N5O3/c16-5-9-13(10(6-17)15(22)20-14(9)19)8-3-1-2-4-11(8)23-7-12(18)21/h1-4H,7H2,(H2,18,21)(H3,19,20,22). The number of nitrogen functional groups attached to an aromatic ring is 1. The van der Waals surface area contributed by atoms with Crippen molar-refractivity contribution in [3.8, 4) is 29.0 Å². The maximum Gasteiger partial charge on any atom is 0.268 e. The average Bonchev–Trinajstić information content (AvgIpc) is 2.52. The van der Waals surface area contributed by atoms with E-state index in [2.05, 4.69) is 4.98 Å². The molecular formula is C15H11N5O3. The van der Waals surface area contributed by atoms with Crippen molar-refractivity contribution < 1.29 is 9.53 Å². The van der Waals surface area contributed by atoms with Crippen molar-refractivity contribution in [3.63, 3.8) is 0 Å². The van der Waals surface area contributed by atoms with E-state index in [1.807, 2.05) is 6.07 Å². The van der Waals surface area contributed by atoms with Crippen LogP contribution in [0.2, 0.25) is 0 Å². The Hall–Kier alpha value is -3.78. The summed E-state index contributed by atoms with van der Waals surface area (Å²) in [5, 5.41) is 18.5. The quantitative estimate of drug-likeness (QED) is 0.733. The number of aromatic nitrogens is 1. The molecule has 8 nitrogen and oxygen atoms in total. The maximum absolute atomic E-state index is 11.9. The molecule has 1 aromatic carbocycles. The molecule has 0 saturated carbocycles. The smallest absolute Gasteiger partial charge is 0.268 e. The minimum absolute atomic E-state index is 0.0521. The molecule has 23 heavy (non-hydrogen) atoms.